The molecule has 0 aliphatic heterocycles. The molecule has 0 atom stereocenters. The summed E-state index contributed by atoms with van der Waals surface area (Å²) in [4.78, 5) is 10.7. The third kappa shape index (κ3) is 2.00. The zero-order valence-electron chi connectivity index (χ0n) is 8.20. The molecule has 5 heteroatoms. The van der Waals surface area contributed by atoms with Crippen molar-refractivity contribution in [3.05, 3.63) is 16.5 Å². The molecule has 0 spiro atoms. The highest BCUT2D eigenvalue weighted by Crippen LogP contribution is 2.37. The predicted molar refractivity (Wildman–Crippen MR) is 54.3 cm³/mol. The molecule has 1 N–H and O–H groups in total. The van der Waals surface area contributed by atoms with Crippen LogP contribution in [0.5, 0.6) is 0 Å². The molecule has 0 radical (unpaired) electrons. The number of aromatic carboxylic acids is 1. The van der Waals surface area contributed by atoms with Crippen molar-refractivity contribution in [3.8, 4) is 0 Å². The van der Waals surface area contributed by atoms with Crippen molar-refractivity contribution < 1.29 is 14.4 Å². The Kier molecular flexibility index (Phi) is 2.95. The topological polar surface area (TPSA) is 63.3 Å². The first kappa shape index (κ1) is 10.5. The molecule has 0 unspecified atom stereocenters. The first-order chi connectivity index (χ1) is 7.20. The van der Waals surface area contributed by atoms with Crippen molar-refractivity contribution in [2.75, 3.05) is 0 Å². The maximum absolute atomic E-state index is 10.7. The van der Waals surface area contributed by atoms with Crippen molar-refractivity contribution in [3.63, 3.8) is 0 Å². The average Bonchev–Trinajstić information content (AvgIpc) is 2.61. The first-order valence-electron chi connectivity index (χ1n) is 5.08. The summed E-state index contributed by atoms with van der Waals surface area (Å²) < 4.78 is 5.03. The molecule has 1 aromatic heterocycles. The van der Waals surface area contributed by atoms with Gasteiger partial charge in [-0.1, -0.05) is 36.0 Å². The van der Waals surface area contributed by atoms with E-state index in [2.05, 4.69) is 5.16 Å². The normalized spacial score (nSPS) is 17.9. The molecule has 1 aliphatic rings. The molecule has 0 bridgehead atoms. The number of hydrogen-bond donors (Lipinski definition) is 1. The summed E-state index contributed by atoms with van der Waals surface area (Å²) in [6.07, 6.45) is 5.53. The Bertz CT molecular complexity index is 369. The monoisotopic (exact) mass is 229 g/mol. The molecule has 1 saturated carbocycles. The van der Waals surface area contributed by atoms with Gasteiger partial charge in [-0.25, -0.2) is 4.79 Å². The molecule has 1 fully saturated rings. The van der Waals surface area contributed by atoms with Crippen LogP contribution >= 0.6 is 11.6 Å². The van der Waals surface area contributed by atoms with Gasteiger partial charge in [0, 0.05) is 5.92 Å². The van der Waals surface area contributed by atoms with E-state index in [9.17, 15) is 4.79 Å². The predicted octanol–water partition coefficient (Wildman–Crippen LogP) is 3.07. The van der Waals surface area contributed by atoms with E-state index in [1.807, 2.05) is 0 Å². The van der Waals surface area contributed by atoms with Crippen LogP contribution in [-0.2, 0) is 0 Å². The summed E-state index contributed by atoms with van der Waals surface area (Å²) in [6.45, 7) is 0. The third-order valence-electron chi connectivity index (χ3n) is 2.84. The molecule has 2 rings (SSSR count). The van der Waals surface area contributed by atoms with Gasteiger partial charge in [-0.3, -0.25) is 0 Å². The van der Waals surface area contributed by atoms with E-state index < -0.39 is 5.97 Å². The Labute approximate surface area is 92.2 Å². The minimum absolute atomic E-state index is 0.169. The van der Waals surface area contributed by atoms with E-state index >= 15 is 0 Å². The van der Waals surface area contributed by atoms with Gasteiger partial charge in [-0.05, 0) is 12.8 Å². The first-order valence-corrected chi connectivity index (χ1v) is 5.46. The lowest BCUT2D eigenvalue weighted by molar-refractivity contribution is 0.0685. The van der Waals surface area contributed by atoms with Gasteiger partial charge in [-0.15, -0.1) is 0 Å². The van der Waals surface area contributed by atoms with Crippen LogP contribution in [-0.4, -0.2) is 16.2 Å². The van der Waals surface area contributed by atoms with Crippen molar-refractivity contribution in [1.82, 2.24) is 5.16 Å². The highest BCUT2D eigenvalue weighted by molar-refractivity contribution is 6.33. The average molecular weight is 230 g/mol. The SMILES string of the molecule is O=C(O)c1noc(C2CCCCC2)c1Cl. The Hall–Kier alpha value is -1.03. The molecule has 82 valence electrons. The van der Waals surface area contributed by atoms with Crippen LogP contribution in [0.15, 0.2) is 4.52 Å². The molecule has 1 aliphatic carbocycles. The second-order valence-electron chi connectivity index (χ2n) is 3.85. The molecule has 15 heavy (non-hydrogen) atoms. The summed E-state index contributed by atoms with van der Waals surface area (Å²) in [5.74, 6) is -0.341. The zero-order valence-corrected chi connectivity index (χ0v) is 8.96. The Balaban J connectivity index is 2.24. The van der Waals surface area contributed by atoms with Gasteiger partial charge in [0.1, 0.15) is 5.02 Å². The fraction of sp³-hybridized carbons (Fsp3) is 0.600. The number of halogens is 1. The minimum atomic E-state index is -1.13. The maximum atomic E-state index is 10.7. The third-order valence-corrected chi connectivity index (χ3v) is 3.20. The smallest absolute Gasteiger partial charge is 0.359 e. The molecule has 0 aromatic carbocycles. The lowest BCUT2D eigenvalue weighted by atomic mass is 9.87. The van der Waals surface area contributed by atoms with Crippen molar-refractivity contribution in [2.45, 2.75) is 38.0 Å². The van der Waals surface area contributed by atoms with E-state index in [0.717, 1.165) is 25.7 Å². The number of carboxylic acid groups (broad SMARTS) is 1. The number of nitrogens with zero attached hydrogens (tertiary/aromatic N) is 1. The van der Waals surface area contributed by atoms with E-state index in [-0.39, 0.29) is 16.6 Å². The van der Waals surface area contributed by atoms with Crippen LogP contribution < -0.4 is 0 Å². The highest BCUT2D eigenvalue weighted by atomic mass is 35.5. The minimum Gasteiger partial charge on any atom is -0.476 e. The van der Waals surface area contributed by atoms with Gasteiger partial charge < -0.3 is 9.63 Å². The van der Waals surface area contributed by atoms with E-state index in [1.54, 1.807) is 0 Å². The van der Waals surface area contributed by atoms with Crippen LogP contribution in [0.2, 0.25) is 5.02 Å². The molecule has 0 saturated heterocycles. The molecule has 1 aromatic rings. The summed E-state index contributed by atoms with van der Waals surface area (Å²) in [7, 11) is 0. The summed E-state index contributed by atoms with van der Waals surface area (Å²) in [5, 5.41) is 12.4. The Morgan fingerprint density at radius 2 is 2.07 bits per heavy atom. The van der Waals surface area contributed by atoms with E-state index in [4.69, 9.17) is 21.2 Å². The number of rotatable bonds is 2. The van der Waals surface area contributed by atoms with Gasteiger partial charge in [0.25, 0.3) is 0 Å². The largest absolute Gasteiger partial charge is 0.476 e. The quantitative estimate of drug-likeness (QED) is 0.847. The van der Waals surface area contributed by atoms with Crippen LogP contribution in [0, 0.1) is 0 Å². The van der Waals surface area contributed by atoms with Crippen molar-refractivity contribution >= 4 is 17.6 Å². The van der Waals surface area contributed by atoms with Crippen LogP contribution in [0.25, 0.3) is 0 Å². The number of aromatic nitrogens is 1. The lowest BCUT2D eigenvalue weighted by Crippen LogP contribution is -2.04. The van der Waals surface area contributed by atoms with Crippen molar-refractivity contribution in [1.29, 1.82) is 0 Å². The van der Waals surface area contributed by atoms with Gasteiger partial charge in [0.05, 0.1) is 0 Å². The van der Waals surface area contributed by atoms with Gasteiger partial charge in [-0.2, -0.15) is 0 Å². The van der Waals surface area contributed by atoms with Gasteiger partial charge >= 0.3 is 5.97 Å². The number of hydrogen-bond acceptors (Lipinski definition) is 3. The molecule has 0 amide bonds. The van der Waals surface area contributed by atoms with Gasteiger partial charge in [0.2, 0.25) is 5.69 Å². The maximum Gasteiger partial charge on any atom is 0.359 e. The van der Waals surface area contributed by atoms with E-state index in [0.29, 0.717) is 5.76 Å². The molecular formula is C10H12ClNO3. The van der Waals surface area contributed by atoms with Gasteiger partial charge in [0.15, 0.2) is 5.76 Å². The fourth-order valence-corrected chi connectivity index (χ4v) is 2.35. The van der Waals surface area contributed by atoms with Crippen LogP contribution in [0.3, 0.4) is 0 Å². The van der Waals surface area contributed by atoms with E-state index in [1.165, 1.54) is 6.42 Å². The second kappa shape index (κ2) is 4.23. The highest BCUT2D eigenvalue weighted by Gasteiger charge is 2.27. The second-order valence-corrected chi connectivity index (χ2v) is 4.23. The standard InChI is InChI=1S/C10H12ClNO3/c11-7-8(10(13)14)12-15-9(7)6-4-2-1-3-5-6/h6H,1-5H2,(H,13,14). The zero-order chi connectivity index (χ0) is 10.8. The summed E-state index contributed by atoms with van der Waals surface area (Å²) in [6, 6.07) is 0. The van der Waals surface area contributed by atoms with Crippen LogP contribution in [0.1, 0.15) is 54.3 Å². The summed E-state index contributed by atoms with van der Waals surface area (Å²) in [5.41, 5.74) is -0.169. The van der Waals surface area contributed by atoms with Crippen LogP contribution in [0.4, 0.5) is 0 Å². The Morgan fingerprint density at radius 1 is 1.40 bits per heavy atom. The molecule has 1 heterocycles. The van der Waals surface area contributed by atoms with Crippen molar-refractivity contribution in [2.24, 2.45) is 0 Å². The molecular weight excluding hydrogens is 218 g/mol. The lowest BCUT2D eigenvalue weighted by Gasteiger charge is -2.18. The number of carboxylic acids is 1. The summed E-state index contributed by atoms with van der Waals surface area (Å²) >= 11 is 5.92. The number of carbonyl (C=O) groups is 1. The molecule has 4 nitrogen and oxygen atoms in total. The Morgan fingerprint density at radius 3 is 2.60 bits per heavy atom. The fourth-order valence-electron chi connectivity index (χ4n) is 2.04.